The van der Waals surface area contributed by atoms with Gasteiger partial charge in [0.15, 0.2) is 0 Å². The lowest BCUT2D eigenvalue weighted by molar-refractivity contribution is 0.0999. The number of benzene rings is 1. The number of nitrogens with one attached hydrogen (secondary N) is 1. The molecule has 1 aromatic rings. The maximum absolute atomic E-state index is 12.2. The van der Waals surface area contributed by atoms with E-state index >= 15 is 0 Å². The van der Waals surface area contributed by atoms with E-state index in [4.69, 9.17) is 10.5 Å². The van der Waals surface area contributed by atoms with Crippen molar-refractivity contribution in [3.63, 3.8) is 0 Å². The van der Waals surface area contributed by atoms with Gasteiger partial charge >= 0.3 is 0 Å². The molecule has 1 atom stereocenters. The molecular weight excluding hydrogens is 280 g/mol. The van der Waals surface area contributed by atoms with E-state index in [0.29, 0.717) is 25.3 Å². The Hall–Kier alpha value is -1.44. The molecule has 0 saturated carbocycles. The highest BCUT2D eigenvalue weighted by Gasteiger charge is 2.21. The molecule has 1 aromatic carbocycles. The molecule has 2 rings (SSSR count). The first-order valence-electron chi connectivity index (χ1n) is 6.38. The van der Waals surface area contributed by atoms with Crippen LogP contribution in [-0.4, -0.2) is 34.1 Å². The molecule has 1 fully saturated rings. The Morgan fingerprint density at radius 3 is 2.85 bits per heavy atom. The van der Waals surface area contributed by atoms with E-state index in [2.05, 4.69) is 4.72 Å². The zero-order valence-electron chi connectivity index (χ0n) is 11.3. The van der Waals surface area contributed by atoms with Crippen LogP contribution in [0.1, 0.15) is 22.3 Å². The Labute approximate surface area is 118 Å². The molecule has 20 heavy (non-hydrogen) atoms. The summed E-state index contributed by atoms with van der Waals surface area (Å²) in [4.78, 5) is 11.3. The number of amides is 1. The van der Waals surface area contributed by atoms with Gasteiger partial charge in [0.05, 0.1) is 11.5 Å². The van der Waals surface area contributed by atoms with Gasteiger partial charge in [0.1, 0.15) is 0 Å². The van der Waals surface area contributed by atoms with Gasteiger partial charge in [-0.05, 0) is 37.0 Å². The minimum Gasteiger partial charge on any atom is -0.381 e. The summed E-state index contributed by atoms with van der Waals surface area (Å²) in [5, 5.41) is 0. The van der Waals surface area contributed by atoms with E-state index in [1.807, 2.05) is 0 Å². The molecule has 1 aliphatic rings. The van der Waals surface area contributed by atoms with E-state index in [0.717, 1.165) is 6.42 Å². The first-order valence-corrected chi connectivity index (χ1v) is 7.86. The lowest BCUT2D eigenvalue weighted by Crippen LogP contribution is -2.30. The first-order chi connectivity index (χ1) is 9.40. The summed E-state index contributed by atoms with van der Waals surface area (Å²) in [5.41, 5.74) is 6.10. The van der Waals surface area contributed by atoms with E-state index in [9.17, 15) is 13.2 Å². The van der Waals surface area contributed by atoms with Gasteiger partial charge < -0.3 is 10.5 Å². The Morgan fingerprint density at radius 2 is 2.25 bits per heavy atom. The van der Waals surface area contributed by atoms with Crippen LogP contribution in [0.15, 0.2) is 23.1 Å². The molecule has 6 nitrogen and oxygen atoms in total. The minimum atomic E-state index is -3.63. The monoisotopic (exact) mass is 298 g/mol. The van der Waals surface area contributed by atoms with Gasteiger partial charge in [-0.15, -0.1) is 0 Å². The number of hydrogen-bond donors (Lipinski definition) is 2. The molecule has 110 valence electrons. The van der Waals surface area contributed by atoms with Crippen molar-refractivity contribution in [3.8, 4) is 0 Å². The van der Waals surface area contributed by atoms with Gasteiger partial charge in [-0.3, -0.25) is 4.79 Å². The van der Waals surface area contributed by atoms with E-state index in [1.54, 1.807) is 13.0 Å². The van der Waals surface area contributed by atoms with Gasteiger partial charge in [0.2, 0.25) is 15.9 Å². The van der Waals surface area contributed by atoms with Gasteiger partial charge in [-0.25, -0.2) is 13.1 Å². The van der Waals surface area contributed by atoms with Crippen molar-refractivity contribution in [1.82, 2.24) is 4.72 Å². The molecule has 0 aromatic heterocycles. The minimum absolute atomic E-state index is 0.0517. The molecule has 1 heterocycles. The standard InChI is InChI=1S/C13H18N2O4S/c1-9-2-3-11(6-12(9)13(14)16)20(17,18)15-7-10-4-5-19-8-10/h2-3,6,10,15H,4-5,7-8H2,1H3,(H2,14,16). The molecule has 0 bridgehead atoms. The molecule has 0 radical (unpaired) electrons. The average molecular weight is 298 g/mol. The second-order valence-corrected chi connectivity index (χ2v) is 6.69. The number of carbonyl (C=O) groups excluding carboxylic acids is 1. The summed E-state index contributed by atoms with van der Waals surface area (Å²) in [5.74, 6) is -0.436. The number of rotatable bonds is 5. The molecule has 1 amide bonds. The topological polar surface area (TPSA) is 98.5 Å². The van der Waals surface area contributed by atoms with Crippen molar-refractivity contribution in [2.75, 3.05) is 19.8 Å². The van der Waals surface area contributed by atoms with E-state index in [1.165, 1.54) is 12.1 Å². The molecular formula is C13H18N2O4S. The predicted octanol–water partition coefficient (Wildman–Crippen LogP) is 0.409. The van der Waals surface area contributed by atoms with Crippen LogP contribution in [0.4, 0.5) is 0 Å². The van der Waals surface area contributed by atoms with Crippen LogP contribution in [0, 0.1) is 12.8 Å². The molecule has 1 aliphatic heterocycles. The Balaban J connectivity index is 2.16. The number of aryl methyl sites for hydroxylation is 1. The third kappa shape index (κ3) is 3.36. The van der Waals surface area contributed by atoms with Crippen LogP contribution in [0.2, 0.25) is 0 Å². The average Bonchev–Trinajstić information content (AvgIpc) is 2.89. The Bertz CT molecular complexity index is 607. The van der Waals surface area contributed by atoms with Crippen molar-refractivity contribution in [2.24, 2.45) is 11.7 Å². The van der Waals surface area contributed by atoms with Crippen molar-refractivity contribution < 1.29 is 17.9 Å². The summed E-state index contributed by atoms with van der Waals surface area (Å²) in [6.07, 6.45) is 0.850. The number of carbonyl (C=O) groups is 1. The van der Waals surface area contributed by atoms with Crippen LogP contribution < -0.4 is 10.5 Å². The predicted molar refractivity (Wildman–Crippen MR) is 73.8 cm³/mol. The SMILES string of the molecule is Cc1ccc(S(=O)(=O)NCC2CCOC2)cc1C(N)=O. The highest BCUT2D eigenvalue weighted by molar-refractivity contribution is 7.89. The van der Waals surface area contributed by atoms with Crippen LogP contribution in [0.5, 0.6) is 0 Å². The number of primary amides is 1. The maximum Gasteiger partial charge on any atom is 0.249 e. The molecule has 1 unspecified atom stereocenters. The molecule has 3 N–H and O–H groups in total. The number of sulfonamides is 1. The smallest absolute Gasteiger partial charge is 0.249 e. The second kappa shape index (κ2) is 5.90. The summed E-state index contributed by atoms with van der Waals surface area (Å²) in [7, 11) is -3.63. The fraction of sp³-hybridized carbons (Fsp3) is 0.462. The van der Waals surface area contributed by atoms with Crippen molar-refractivity contribution >= 4 is 15.9 Å². The molecule has 0 spiro atoms. The largest absolute Gasteiger partial charge is 0.381 e. The van der Waals surface area contributed by atoms with E-state index in [-0.39, 0.29) is 16.4 Å². The quantitative estimate of drug-likeness (QED) is 0.822. The summed E-state index contributed by atoms with van der Waals surface area (Å²) in [6.45, 7) is 3.29. The normalized spacial score (nSPS) is 19.1. The van der Waals surface area contributed by atoms with Crippen molar-refractivity contribution in [3.05, 3.63) is 29.3 Å². The molecule has 0 aliphatic carbocycles. The van der Waals surface area contributed by atoms with Gasteiger partial charge in [0.25, 0.3) is 0 Å². The summed E-state index contributed by atoms with van der Waals surface area (Å²) >= 11 is 0. The maximum atomic E-state index is 12.2. The highest BCUT2D eigenvalue weighted by atomic mass is 32.2. The van der Waals surface area contributed by atoms with E-state index < -0.39 is 15.9 Å². The fourth-order valence-electron chi connectivity index (χ4n) is 2.09. The zero-order valence-corrected chi connectivity index (χ0v) is 12.1. The lowest BCUT2D eigenvalue weighted by Gasteiger charge is -2.11. The first kappa shape index (κ1) is 15.0. The van der Waals surface area contributed by atoms with Gasteiger partial charge in [-0.1, -0.05) is 6.07 Å². The van der Waals surface area contributed by atoms with Crippen molar-refractivity contribution in [1.29, 1.82) is 0 Å². The van der Waals surface area contributed by atoms with Crippen LogP contribution in [-0.2, 0) is 14.8 Å². The third-order valence-electron chi connectivity index (χ3n) is 3.37. The summed E-state index contributed by atoms with van der Waals surface area (Å²) < 4.78 is 32.1. The number of nitrogens with two attached hydrogens (primary N) is 1. The van der Waals surface area contributed by atoms with Crippen molar-refractivity contribution in [2.45, 2.75) is 18.2 Å². The Morgan fingerprint density at radius 1 is 1.50 bits per heavy atom. The molecule has 7 heteroatoms. The van der Waals surface area contributed by atoms with Gasteiger partial charge in [-0.2, -0.15) is 0 Å². The fourth-order valence-corrected chi connectivity index (χ4v) is 3.23. The van der Waals surface area contributed by atoms with Crippen LogP contribution >= 0.6 is 0 Å². The lowest BCUT2D eigenvalue weighted by atomic mass is 10.1. The second-order valence-electron chi connectivity index (χ2n) is 4.92. The van der Waals surface area contributed by atoms with Crippen LogP contribution in [0.3, 0.4) is 0 Å². The zero-order chi connectivity index (χ0) is 14.8. The van der Waals surface area contributed by atoms with Crippen LogP contribution in [0.25, 0.3) is 0 Å². The summed E-state index contributed by atoms with van der Waals surface area (Å²) in [6, 6.07) is 4.35. The number of ether oxygens (including phenoxy) is 1. The van der Waals surface area contributed by atoms with Gasteiger partial charge in [0, 0.05) is 18.7 Å². The Kier molecular flexibility index (Phi) is 4.42. The highest BCUT2D eigenvalue weighted by Crippen LogP contribution is 2.17. The number of hydrogen-bond acceptors (Lipinski definition) is 4. The third-order valence-corrected chi connectivity index (χ3v) is 4.79. The molecule has 1 saturated heterocycles.